The number of benzene rings is 2. The van der Waals surface area contributed by atoms with Crippen LogP contribution in [-0.4, -0.2) is 29.4 Å². The molecule has 0 saturated carbocycles. The molecule has 1 N–H and O–H groups in total. The van der Waals surface area contributed by atoms with E-state index in [1.807, 2.05) is 56.3 Å². The summed E-state index contributed by atoms with van der Waals surface area (Å²) in [6.45, 7) is 8.64. The normalized spacial score (nSPS) is 10.8. The maximum atomic E-state index is 12.3. The molecule has 0 unspecified atom stereocenters. The third-order valence-corrected chi connectivity index (χ3v) is 4.02. The van der Waals surface area contributed by atoms with E-state index in [1.165, 1.54) is 0 Å². The Morgan fingerprint density at radius 3 is 2.34 bits per heavy atom. The minimum absolute atomic E-state index is 0.142. The van der Waals surface area contributed by atoms with E-state index in [1.54, 1.807) is 0 Å². The van der Waals surface area contributed by atoms with Gasteiger partial charge < -0.3 is 14.8 Å². The maximum Gasteiger partial charge on any atom is 0.263 e. The molecule has 7 heteroatoms. The van der Waals surface area contributed by atoms with Crippen LogP contribution in [0.2, 0.25) is 0 Å². The van der Waals surface area contributed by atoms with Crippen molar-refractivity contribution in [2.45, 2.75) is 27.7 Å². The number of nitrogens with one attached hydrogen (secondary N) is 1. The van der Waals surface area contributed by atoms with Crippen molar-refractivity contribution < 1.29 is 18.9 Å². The number of aromatic nitrogens is 2. The van der Waals surface area contributed by atoms with E-state index >= 15 is 0 Å². The molecule has 0 aliphatic heterocycles. The minimum atomic E-state index is -0.349. The number of aryl methyl sites for hydroxylation is 2. The monoisotopic (exact) mass is 395 g/mol. The zero-order valence-corrected chi connectivity index (χ0v) is 17.1. The van der Waals surface area contributed by atoms with Crippen LogP contribution in [0, 0.1) is 19.8 Å². The van der Waals surface area contributed by atoms with Gasteiger partial charge in [0.2, 0.25) is 5.82 Å². The quantitative estimate of drug-likeness (QED) is 0.608. The van der Waals surface area contributed by atoms with Crippen LogP contribution >= 0.6 is 0 Å². The SMILES string of the molecule is Cc1cc(C)cc(OCC(=O)Nc2nonc2-c2ccc(OCC(C)C)cc2)c1. The molecule has 0 spiro atoms. The van der Waals surface area contributed by atoms with Gasteiger partial charge in [0.15, 0.2) is 12.3 Å². The third-order valence-electron chi connectivity index (χ3n) is 4.02. The Hall–Kier alpha value is -3.35. The molecule has 0 atom stereocenters. The van der Waals surface area contributed by atoms with E-state index in [4.69, 9.17) is 14.1 Å². The molecular formula is C22H25N3O4. The van der Waals surface area contributed by atoms with Gasteiger partial charge in [-0.1, -0.05) is 19.9 Å². The Labute approximate surface area is 170 Å². The number of hydrogen-bond donors (Lipinski definition) is 1. The van der Waals surface area contributed by atoms with Gasteiger partial charge >= 0.3 is 0 Å². The summed E-state index contributed by atoms with van der Waals surface area (Å²) < 4.78 is 16.1. The highest BCUT2D eigenvalue weighted by Crippen LogP contribution is 2.26. The molecule has 0 saturated heterocycles. The highest BCUT2D eigenvalue weighted by Gasteiger charge is 2.16. The van der Waals surface area contributed by atoms with Gasteiger partial charge in [0.05, 0.1) is 6.61 Å². The summed E-state index contributed by atoms with van der Waals surface area (Å²) in [5.41, 5.74) is 3.35. The fraction of sp³-hybridized carbons (Fsp3) is 0.318. The summed E-state index contributed by atoms with van der Waals surface area (Å²) in [5, 5.41) is 10.4. The smallest absolute Gasteiger partial charge is 0.263 e. The van der Waals surface area contributed by atoms with Crippen LogP contribution in [0.3, 0.4) is 0 Å². The Bertz CT molecular complexity index is 944. The lowest BCUT2D eigenvalue weighted by atomic mass is 10.1. The lowest BCUT2D eigenvalue weighted by molar-refractivity contribution is -0.118. The molecule has 152 valence electrons. The molecule has 3 aromatic rings. The first-order chi connectivity index (χ1) is 13.9. The molecular weight excluding hydrogens is 370 g/mol. The van der Waals surface area contributed by atoms with Crippen LogP contribution in [-0.2, 0) is 4.79 Å². The van der Waals surface area contributed by atoms with Crippen molar-refractivity contribution in [2.24, 2.45) is 5.92 Å². The summed E-state index contributed by atoms with van der Waals surface area (Å²) >= 11 is 0. The van der Waals surface area contributed by atoms with Crippen molar-refractivity contribution in [3.8, 4) is 22.8 Å². The van der Waals surface area contributed by atoms with Gasteiger partial charge in [-0.05, 0) is 77.6 Å². The lowest BCUT2D eigenvalue weighted by Gasteiger charge is -2.09. The fourth-order valence-electron chi connectivity index (χ4n) is 2.77. The van der Waals surface area contributed by atoms with Crippen molar-refractivity contribution >= 4 is 11.7 Å². The first-order valence-electron chi connectivity index (χ1n) is 9.47. The Balaban J connectivity index is 1.61. The van der Waals surface area contributed by atoms with Crippen LogP contribution in [0.1, 0.15) is 25.0 Å². The summed E-state index contributed by atoms with van der Waals surface area (Å²) in [5.74, 6) is 1.76. The van der Waals surface area contributed by atoms with E-state index in [0.717, 1.165) is 22.4 Å². The van der Waals surface area contributed by atoms with E-state index in [0.29, 0.717) is 24.0 Å². The maximum absolute atomic E-state index is 12.3. The molecule has 0 aliphatic rings. The average molecular weight is 395 g/mol. The molecule has 1 heterocycles. The molecule has 0 aliphatic carbocycles. The number of ether oxygens (including phenoxy) is 2. The largest absolute Gasteiger partial charge is 0.493 e. The van der Waals surface area contributed by atoms with Crippen LogP contribution < -0.4 is 14.8 Å². The first-order valence-corrected chi connectivity index (χ1v) is 9.47. The predicted molar refractivity (Wildman–Crippen MR) is 110 cm³/mol. The molecule has 0 bridgehead atoms. The van der Waals surface area contributed by atoms with Crippen LogP contribution in [0.15, 0.2) is 47.1 Å². The Morgan fingerprint density at radius 1 is 1.00 bits per heavy atom. The van der Waals surface area contributed by atoms with Crippen molar-refractivity contribution in [3.05, 3.63) is 53.6 Å². The highest BCUT2D eigenvalue weighted by atomic mass is 16.6. The molecule has 7 nitrogen and oxygen atoms in total. The van der Waals surface area contributed by atoms with Gasteiger partial charge in [-0.3, -0.25) is 4.79 Å². The number of rotatable bonds is 8. The average Bonchev–Trinajstić information content (AvgIpc) is 3.12. The number of carbonyl (C=O) groups excluding carboxylic acids is 1. The Kier molecular flexibility index (Phi) is 6.49. The molecule has 1 amide bonds. The number of carbonyl (C=O) groups is 1. The van der Waals surface area contributed by atoms with Gasteiger partial charge in [-0.2, -0.15) is 0 Å². The summed E-state index contributed by atoms with van der Waals surface area (Å²) in [4.78, 5) is 12.3. The third kappa shape index (κ3) is 5.81. The standard InChI is InChI=1S/C22H25N3O4/c1-14(2)12-27-18-7-5-17(6-8-18)21-22(25-29-24-21)23-20(26)13-28-19-10-15(3)9-16(4)11-19/h5-11,14H,12-13H2,1-4H3,(H,23,25,26). The van der Waals surface area contributed by atoms with Crippen LogP contribution in [0.4, 0.5) is 5.82 Å². The number of nitrogens with zero attached hydrogens (tertiary/aromatic N) is 2. The van der Waals surface area contributed by atoms with E-state index in [2.05, 4.69) is 29.5 Å². The van der Waals surface area contributed by atoms with Gasteiger partial charge in [0.25, 0.3) is 5.91 Å². The Morgan fingerprint density at radius 2 is 1.69 bits per heavy atom. The molecule has 0 fully saturated rings. The zero-order chi connectivity index (χ0) is 20.8. The number of anilines is 1. The van der Waals surface area contributed by atoms with E-state index < -0.39 is 0 Å². The van der Waals surface area contributed by atoms with Gasteiger partial charge in [-0.15, -0.1) is 0 Å². The second-order valence-electron chi connectivity index (χ2n) is 7.35. The number of hydrogen-bond acceptors (Lipinski definition) is 6. The van der Waals surface area contributed by atoms with Crippen molar-refractivity contribution in [3.63, 3.8) is 0 Å². The molecule has 3 rings (SSSR count). The summed E-state index contributed by atoms with van der Waals surface area (Å²) in [6, 6.07) is 13.2. The van der Waals surface area contributed by atoms with Crippen LogP contribution in [0.25, 0.3) is 11.3 Å². The predicted octanol–water partition coefficient (Wildman–Crippen LogP) is 4.41. The summed E-state index contributed by atoms with van der Waals surface area (Å²) in [6.07, 6.45) is 0. The van der Waals surface area contributed by atoms with Crippen molar-refractivity contribution in [2.75, 3.05) is 18.5 Å². The second kappa shape index (κ2) is 9.23. The lowest BCUT2D eigenvalue weighted by Crippen LogP contribution is -2.20. The van der Waals surface area contributed by atoms with Gasteiger partial charge in [-0.25, -0.2) is 4.63 Å². The van der Waals surface area contributed by atoms with Crippen molar-refractivity contribution in [1.29, 1.82) is 0 Å². The highest BCUT2D eigenvalue weighted by molar-refractivity contribution is 5.94. The fourth-order valence-corrected chi connectivity index (χ4v) is 2.77. The van der Waals surface area contributed by atoms with Crippen molar-refractivity contribution in [1.82, 2.24) is 10.3 Å². The van der Waals surface area contributed by atoms with E-state index in [9.17, 15) is 4.79 Å². The topological polar surface area (TPSA) is 86.5 Å². The van der Waals surface area contributed by atoms with Gasteiger partial charge in [0, 0.05) is 5.56 Å². The molecule has 1 aromatic heterocycles. The molecule has 29 heavy (non-hydrogen) atoms. The number of amides is 1. The van der Waals surface area contributed by atoms with Gasteiger partial charge in [0.1, 0.15) is 11.5 Å². The molecule has 2 aromatic carbocycles. The second-order valence-corrected chi connectivity index (χ2v) is 7.35. The summed E-state index contributed by atoms with van der Waals surface area (Å²) in [7, 11) is 0. The first kappa shape index (κ1) is 20.4. The van der Waals surface area contributed by atoms with E-state index in [-0.39, 0.29) is 18.3 Å². The van der Waals surface area contributed by atoms with Crippen LogP contribution in [0.5, 0.6) is 11.5 Å². The zero-order valence-electron chi connectivity index (χ0n) is 17.1. The minimum Gasteiger partial charge on any atom is -0.493 e. The molecule has 0 radical (unpaired) electrons.